The van der Waals surface area contributed by atoms with Crippen LogP contribution in [0.3, 0.4) is 0 Å². The first kappa shape index (κ1) is 26.3. The van der Waals surface area contributed by atoms with Crippen molar-refractivity contribution in [3.63, 3.8) is 0 Å². The number of azide groups is 1. The summed E-state index contributed by atoms with van der Waals surface area (Å²) in [6.45, 7) is 5.25. The molecule has 0 bridgehead atoms. The molecule has 160 valence electrons. The second kappa shape index (κ2) is 23.3. The van der Waals surface area contributed by atoms with E-state index in [0.29, 0.717) is 6.54 Å². The normalized spacial score (nSPS) is 11.1. The van der Waals surface area contributed by atoms with Gasteiger partial charge in [0.2, 0.25) is 0 Å². The van der Waals surface area contributed by atoms with E-state index in [1.165, 1.54) is 122 Å². The van der Waals surface area contributed by atoms with Crippen molar-refractivity contribution in [2.24, 2.45) is 11.0 Å². The van der Waals surface area contributed by atoms with Crippen molar-refractivity contribution in [3.05, 3.63) is 10.4 Å². The third kappa shape index (κ3) is 21.5. The molecule has 0 N–H and O–H groups in total. The van der Waals surface area contributed by atoms with Crippen molar-refractivity contribution in [2.75, 3.05) is 6.54 Å². The van der Waals surface area contributed by atoms with Crippen molar-refractivity contribution >= 4 is 0 Å². The second-order valence-electron chi connectivity index (χ2n) is 8.49. The number of hydrogen-bond donors (Lipinski definition) is 0. The lowest BCUT2D eigenvalue weighted by Gasteiger charge is -2.16. The van der Waals surface area contributed by atoms with Gasteiger partial charge < -0.3 is 0 Å². The molecule has 0 aliphatic carbocycles. The molecule has 0 rings (SSSR count). The molecule has 27 heavy (non-hydrogen) atoms. The Hall–Kier alpha value is -0.690. The second-order valence-corrected chi connectivity index (χ2v) is 8.49. The molecule has 0 saturated carbocycles. The maximum Gasteiger partial charge on any atom is 0.0258 e. The van der Waals surface area contributed by atoms with Gasteiger partial charge in [-0.2, -0.15) is 0 Å². The van der Waals surface area contributed by atoms with Crippen molar-refractivity contribution in [1.82, 2.24) is 0 Å². The van der Waals surface area contributed by atoms with Crippen molar-refractivity contribution in [2.45, 2.75) is 142 Å². The largest absolute Gasteiger partial charge is 0.0940 e. The molecule has 0 aromatic heterocycles. The maximum absolute atomic E-state index is 8.45. The number of hydrogen-bond acceptors (Lipinski definition) is 1. The molecule has 0 heterocycles. The maximum atomic E-state index is 8.45. The minimum atomic E-state index is 0.682. The highest BCUT2D eigenvalue weighted by Crippen LogP contribution is 2.23. The summed E-state index contributed by atoms with van der Waals surface area (Å²) in [6, 6.07) is 0. The van der Waals surface area contributed by atoms with Gasteiger partial charge in [0.1, 0.15) is 0 Å². The molecular formula is C24H49N3. The predicted octanol–water partition coefficient (Wildman–Crippen LogP) is 9.75. The first-order chi connectivity index (χ1) is 13.3. The molecular weight excluding hydrogens is 330 g/mol. The van der Waals surface area contributed by atoms with Gasteiger partial charge in [-0.15, -0.1) is 0 Å². The zero-order valence-electron chi connectivity index (χ0n) is 18.8. The summed E-state index contributed by atoms with van der Waals surface area (Å²) in [4.78, 5) is 2.89. The first-order valence-electron chi connectivity index (χ1n) is 12.4. The van der Waals surface area contributed by atoms with Crippen LogP contribution in [0, 0.1) is 5.92 Å². The lowest BCUT2D eigenvalue weighted by atomic mass is 9.90. The van der Waals surface area contributed by atoms with E-state index in [9.17, 15) is 0 Å². The van der Waals surface area contributed by atoms with Crippen LogP contribution >= 0.6 is 0 Å². The summed E-state index contributed by atoms with van der Waals surface area (Å²) in [5.41, 5.74) is 8.45. The molecule has 0 spiro atoms. The highest BCUT2D eigenvalue weighted by molar-refractivity contribution is 4.63. The van der Waals surface area contributed by atoms with E-state index in [-0.39, 0.29) is 0 Å². The summed E-state index contributed by atoms with van der Waals surface area (Å²) >= 11 is 0. The Morgan fingerprint density at radius 2 is 0.926 bits per heavy atom. The van der Waals surface area contributed by atoms with E-state index in [4.69, 9.17) is 5.53 Å². The standard InChI is InChI=1S/C24H49N3/c1-3-5-7-9-11-13-15-17-20-24(22-19-23-26-27-25)21-18-16-14-12-10-8-6-4-2/h24H,3-23H2,1-2H3. The first-order valence-corrected chi connectivity index (χ1v) is 12.4. The molecule has 0 aromatic carbocycles. The highest BCUT2D eigenvalue weighted by atomic mass is 15.1. The average molecular weight is 380 g/mol. The van der Waals surface area contributed by atoms with Gasteiger partial charge in [-0.25, -0.2) is 0 Å². The van der Waals surface area contributed by atoms with Gasteiger partial charge in [0.25, 0.3) is 0 Å². The Labute approximate surface area is 170 Å². The molecule has 0 aromatic rings. The molecule has 0 radical (unpaired) electrons. The van der Waals surface area contributed by atoms with E-state index in [1.54, 1.807) is 0 Å². The SMILES string of the molecule is CCCCCCCCCCC(CCCCCCCCCC)CCCN=[N+]=[N-]. The van der Waals surface area contributed by atoms with E-state index < -0.39 is 0 Å². The minimum Gasteiger partial charge on any atom is -0.0940 e. The summed E-state index contributed by atoms with van der Waals surface area (Å²) in [5.74, 6) is 0.860. The van der Waals surface area contributed by atoms with Crippen LogP contribution in [0.4, 0.5) is 0 Å². The fraction of sp³-hybridized carbons (Fsp3) is 1.00. The van der Waals surface area contributed by atoms with Gasteiger partial charge >= 0.3 is 0 Å². The van der Waals surface area contributed by atoms with Crippen LogP contribution in [0.25, 0.3) is 10.4 Å². The fourth-order valence-corrected chi connectivity index (χ4v) is 4.06. The Kier molecular flexibility index (Phi) is 22.8. The minimum absolute atomic E-state index is 0.682. The van der Waals surface area contributed by atoms with Crippen LogP contribution in [0.2, 0.25) is 0 Å². The Morgan fingerprint density at radius 1 is 0.556 bits per heavy atom. The monoisotopic (exact) mass is 379 g/mol. The van der Waals surface area contributed by atoms with Gasteiger partial charge in [-0.05, 0) is 17.9 Å². The van der Waals surface area contributed by atoms with E-state index in [1.807, 2.05) is 0 Å². The van der Waals surface area contributed by atoms with Gasteiger partial charge in [0.15, 0.2) is 0 Å². The molecule has 0 aliphatic rings. The molecule has 0 saturated heterocycles. The molecule has 3 nitrogen and oxygen atoms in total. The van der Waals surface area contributed by atoms with Crippen LogP contribution in [-0.2, 0) is 0 Å². The fourth-order valence-electron chi connectivity index (χ4n) is 4.06. The van der Waals surface area contributed by atoms with Crippen molar-refractivity contribution in [3.8, 4) is 0 Å². The van der Waals surface area contributed by atoms with Gasteiger partial charge in [-0.1, -0.05) is 141 Å². The lowest BCUT2D eigenvalue weighted by Crippen LogP contribution is -2.02. The Bertz CT molecular complexity index is 304. The topological polar surface area (TPSA) is 48.8 Å². The van der Waals surface area contributed by atoms with Crippen LogP contribution in [0.1, 0.15) is 142 Å². The Balaban J connectivity index is 3.75. The van der Waals surface area contributed by atoms with Crippen LogP contribution in [0.5, 0.6) is 0 Å². The third-order valence-electron chi connectivity index (χ3n) is 5.87. The average Bonchev–Trinajstić information content (AvgIpc) is 2.68. The molecule has 0 unspecified atom stereocenters. The predicted molar refractivity (Wildman–Crippen MR) is 121 cm³/mol. The molecule has 0 aliphatic heterocycles. The van der Waals surface area contributed by atoms with Crippen LogP contribution in [0.15, 0.2) is 5.11 Å². The Morgan fingerprint density at radius 3 is 1.33 bits per heavy atom. The molecule has 0 amide bonds. The highest BCUT2D eigenvalue weighted by Gasteiger charge is 2.08. The molecule has 3 heteroatoms. The molecule has 0 fully saturated rings. The number of nitrogens with zero attached hydrogens (tertiary/aromatic N) is 3. The van der Waals surface area contributed by atoms with Gasteiger partial charge in [0, 0.05) is 11.5 Å². The van der Waals surface area contributed by atoms with Crippen molar-refractivity contribution in [1.29, 1.82) is 0 Å². The smallest absolute Gasteiger partial charge is 0.0258 e. The summed E-state index contributed by atoms with van der Waals surface area (Å²) in [6.07, 6.45) is 27.7. The number of rotatable bonds is 22. The molecule has 0 atom stereocenters. The summed E-state index contributed by atoms with van der Waals surface area (Å²) in [5, 5.41) is 3.71. The zero-order valence-corrected chi connectivity index (χ0v) is 18.8. The van der Waals surface area contributed by atoms with E-state index in [0.717, 1.165) is 12.3 Å². The van der Waals surface area contributed by atoms with E-state index in [2.05, 4.69) is 23.9 Å². The zero-order chi connectivity index (χ0) is 19.8. The number of unbranched alkanes of at least 4 members (excludes halogenated alkanes) is 14. The van der Waals surface area contributed by atoms with Gasteiger partial charge in [0.05, 0.1) is 0 Å². The third-order valence-corrected chi connectivity index (χ3v) is 5.87. The quantitative estimate of drug-likeness (QED) is 0.0777. The van der Waals surface area contributed by atoms with Crippen LogP contribution < -0.4 is 0 Å². The van der Waals surface area contributed by atoms with Crippen LogP contribution in [-0.4, -0.2) is 6.54 Å². The lowest BCUT2D eigenvalue weighted by molar-refractivity contribution is 0.373. The summed E-state index contributed by atoms with van der Waals surface area (Å²) < 4.78 is 0. The van der Waals surface area contributed by atoms with Gasteiger partial charge in [-0.3, -0.25) is 0 Å². The van der Waals surface area contributed by atoms with E-state index >= 15 is 0 Å². The van der Waals surface area contributed by atoms with Crippen molar-refractivity contribution < 1.29 is 0 Å². The summed E-state index contributed by atoms with van der Waals surface area (Å²) in [7, 11) is 0.